The predicted octanol–water partition coefficient (Wildman–Crippen LogP) is 4.53. The van der Waals surface area contributed by atoms with Crippen molar-refractivity contribution >= 4 is 35.3 Å². The standard InChI is InChI=1S/C25H26ClN3O4S/c1-15-11-16(14-34-17-5-3-2-4-6-17)28-29(15)24-19-9-10-27-13-21(18(19)7-8-22(24)26)20(25(32)33)12-23(30)31/h2-8,11,20-21,27H,9-10,12-14H2,1H3,(H,30,31)(H,32,33). The van der Waals surface area contributed by atoms with Crippen LogP contribution in [0.3, 0.4) is 0 Å². The molecule has 2 unspecified atom stereocenters. The first-order valence-corrected chi connectivity index (χ1v) is 12.4. The molecule has 3 aromatic rings. The number of rotatable bonds is 8. The molecule has 0 bridgehead atoms. The van der Waals surface area contributed by atoms with Crippen LogP contribution in [0, 0.1) is 12.8 Å². The number of aromatic nitrogens is 2. The minimum absolute atomic E-state index is 0.384. The van der Waals surface area contributed by atoms with Crippen LogP contribution in [0.2, 0.25) is 5.02 Å². The highest BCUT2D eigenvalue weighted by atomic mass is 35.5. The Morgan fingerprint density at radius 3 is 2.71 bits per heavy atom. The Morgan fingerprint density at radius 2 is 2.00 bits per heavy atom. The lowest BCUT2D eigenvalue weighted by molar-refractivity contribution is -0.149. The van der Waals surface area contributed by atoms with Crippen molar-refractivity contribution in [1.29, 1.82) is 0 Å². The average molecular weight is 500 g/mol. The second-order valence-corrected chi connectivity index (χ2v) is 9.81. The number of aryl methyl sites for hydroxylation is 1. The van der Waals surface area contributed by atoms with Crippen LogP contribution in [0.4, 0.5) is 0 Å². The summed E-state index contributed by atoms with van der Waals surface area (Å²) in [5, 5.41) is 27.7. The van der Waals surface area contributed by atoms with Crippen LogP contribution in [-0.2, 0) is 21.8 Å². The molecule has 0 amide bonds. The first kappa shape index (κ1) is 24.3. The van der Waals surface area contributed by atoms with Gasteiger partial charge in [-0.2, -0.15) is 5.10 Å². The second-order valence-electron chi connectivity index (χ2n) is 8.36. The molecule has 2 atom stereocenters. The van der Waals surface area contributed by atoms with E-state index in [4.69, 9.17) is 16.7 Å². The predicted molar refractivity (Wildman–Crippen MR) is 132 cm³/mol. The van der Waals surface area contributed by atoms with Crippen LogP contribution >= 0.6 is 23.4 Å². The summed E-state index contributed by atoms with van der Waals surface area (Å²) in [6.45, 7) is 2.99. The van der Waals surface area contributed by atoms with Gasteiger partial charge in [-0.25, -0.2) is 4.68 Å². The fourth-order valence-corrected chi connectivity index (χ4v) is 5.56. The van der Waals surface area contributed by atoms with Crippen molar-refractivity contribution in [3.05, 3.63) is 76.1 Å². The molecule has 0 saturated carbocycles. The first-order valence-electron chi connectivity index (χ1n) is 11.1. The Balaban J connectivity index is 1.72. The van der Waals surface area contributed by atoms with E-state index in [-0.39, 0.29) is 0 Å². The summed E-state index contributed by atoms with van der Waals surface area (Å²) < 4.78 is 1.83. The molecule has 0 aliphatic carbocycles. The van der Waals surface area contributed by atoms with Crippen molar-refractivity contribution < 1.29 is 19.8 Å². The van der Waals surface area contributed by atoms with E-state index in [1.54, 1.807) is 17.8 Å². The van der Waals surface area contributed by atoms with E-state index >= 15 is 0 Å². The number of carboxylic acids is 2. The number of carbonyl (C=O) groups is 2. The maximum atomic E-state index is 12.0. The molecule has 7 nitrogen and oxygen atoms in total. The van der Waals surface area contributed by atoms with Gasteiger partial charge in [0.15, 0.2) is 0 Å². The molecule has 1 aliphatic heterocycles. The number of nitrogens with one attached hydrogen (secondary N) is 1. The molecule has 0 radical (unpaired) electrons. The highest BCUT2D eigenvalue weighted by Crippen LogP contribution is 2.38. The van der Waals surface area contributed by atoms with Gasteiger partial charge in [0, 0.05) is 28.8 Å². The lowest BCUT2D eigenvalue weighted by Gasteiger charge is -2.25. The zero-order valence-electron chi connectivity index (χ0n) is 18.7. The number of hydrogen-bond donors (Lipinski definition) is 3. The number of halogens is 1. The number of benzene rings is 2. The highest BCUT2D eigenvalue weighted by molar-refractivity contribution is 7.98. The van der Waals surface area contributed by atoms with Gasteiger partial charge in [0.25, 0.3) is 0 Å². The highest BCUT2D eigenvalue weighted by Gasteiger charge is 2.35. The topological polar surface area (TPSA) is 104 Å². The molecule has 4 rings (SSSR count). The molecular weight excluding hydrogens is 474 g/mol. The number of aliphatic carboxylic acids is 2. The van der Waals surface area contributed by atoms with Gasteiger partial charge in [-0.1, -0.05) is 35.9 Å². The summed E-state index contributed by atoms with van der Waals surface area (Å²) in [6.07, 6.45) is 0.190. The molecule has 9 heteroatoms. The van der Waals surface area contributed by atoms with Gasteiger partial charge in [0.1, 0.15) is 0 Å². The average Bonchev–Trinajstić information content (AvgIpc) is 3.03. The van der Waals surface area contributed by atoms with Gasteiger partial charge in [0.2, 0.25) is 0 Å². The van der Waals surface area contributed by atoms with Crippen molar-refractivity contribution in [2.45, 2.75) is 36.3 Å². The van der Waals surface area contributed by atoms with E-state index < -0.39 is 30.2 Å². The summed E-state index contributed by atoms with van der Waals surface area (Å²) >= 11 is 8.38. The maximum Gasteiger partial charge on any atom is 0.307 e. The fraction of sp³-hybridized carbons (Fsp3) is 0.320. The van der Waals surface area contributed by atoms with E-state index in [0.717, 1.165) is 33.1 Å². The van der Waals surface area contributed by atoms with E-state index in [1.807, 2.05) is 41.9 Å². The summed E-state index contributed by atoms with van der Waals surface area (Å²) in [5.41, 5.74) is 4.30. The van der Waals surface area contributed by atoms with E-state index in [0.29, 0.717) is 30.3 Å². The second kappa shape index (κ2) is 10.6. The van der Waals surface area contributed by atoms with E-state index in [2.05, 4.69) is 17.4 Å². The fourth-order valence-electron chi connectivity index (χ4n) is 4.50. The van der Waals surface area contributed by atoms with Gasteiger partial charge in [0.05, 0.1) is 28.7 Å². The molecule has 2 aromatic carbocycles. The van der Waals surface area contributed by atoms with Gasteiger partial charge in [-0.3, -0.25) is 9.59 Å². The maximum absolute atomic E-state index is 12.0. The molecule has 178 valence electrons. The normalized spacial score (nSPS) is 16.5. The van der Waals surface area contributed by atoms with Crippen molar-refractivity contribution in [3.8, 4) is 5.69 Å². The molecule has 1 aliphatic rings. The van der Waals surface area contributed by atoms with Crippen molar-refractivity contribution in [3.63, 3.8) is 0 Å². The van der Waals surface area contributed by atoms with Crippen LogP contribution < -0.4 is 5.32 Å². The largest absolute Gasteiger partial charge is 0.481 e. The van der Waals surface area contributed by atoms with Gasteiger partial charge >= 0.3 is 11.9 Å². The Bertz CT molecular complexity index is 1200. The van der Waals surface area contributed by atoms with Crippen LogP contribution in [0.5, 0.6) is 0 Å². The first-order chi connectivity index (χ1) is 16.3. The zero-order valence-corrected chi connectivity index (χ0v) is 20.3. The molecule has 2 heterocycles. The molecule has 3 N–H and O–H groups in total. The molecule has 1 aromatic heterocycles. The van der Waals surface area contributed by atoms with Gasteiger partial charge in [-0.15, -0.1) is 11.8 Å². The Morgan fingerprint density at radius 1 is 1.24 bits per heavy atom. The number of fused-ring (bicyclic) bond motifs is 1. The Hall–Kier alpha value is -2.81. The molecule has 34 heavy (non-hydrogen) atoms. The Labute approximate surface area is 207 Å². The van der Waals surface area contributed by atoms with E-state index in [9.17, 15) is 19.8 Å². The summed E-state index contributed by atoms with van der Waals surface area (Å²) in [7, 11) is 0. The smallest absolute Gasteiger partial charge is 0.307 e. The third kappa shape index (κ3) is 5.29. The number of nitrogens with zero attached hydrogens (tertiary/aromatic N) is 2. The van der Waals surface area contributed by atoms with E-state index in [1.165, 1.54) is 0 Å². The molecule has 0 fully saturated rings. The third-order valence-corrected chi connectivity index (χ3v) is 7.41. The van der Waals surface area contributed by atoms with Crippen molar-refractivity contribution in [1.82, 2.24) is 15.1 Å². The SMILES string of the molecule is Cc1cc(CSc2ccccc2)nn1-c1c(Cl)ccc2c1CCNCC2C(CC(=O)O)C(=O)O. The Kier molecular flexibility index (Phi) is 7.60. The lowest BCUT2D eigenvalue weighted by atomic mass is 9.81. The molecule has 0 spiro atoms. The van der Waals surface area contributed by atoms with Gasteiger partial charge < -0.3 is 15.5 Å². The molecular formula is C25H26ClN3O4S. The number of carboxylic acid groups (broad SMARTS) is 2. The van der Waals surface area contributed by atoms with Crippen molar-refractivity contribution in [2.75, 3.05) is 13.1 Å². The third-order valence-electron chi connectivity index (χ3n) is 6.06. The summed E-state index contributed by atoms with van der Waals surface area (Å²) in [4.78, 5) is 24.5. The minimum Gasteiger partial charge on any atom is -0.481 e. The summed E-state index contributed by atoms with van der Waals surface area (Å²) in [6, 6.07) is 15.7. The number of thioether (sulfide) groups is 1. The molecule has 0 saturated heterocycles. The van der Waals surface area contributed by atoms with Crippen LogP contribution in [0.1, 0.15) is 34.9 Å². The van der Waals surface area contributed by atoms with Crippen molar-refractivity contribution in [2.24, 2.45) is 5.92 Å². The number of hydrogen-bond acceptors (Lipinski definition) is 5. The summed E-state index contributed by atoms with van der Waals surface area (Å²) in [5.74, 6) is -3.09. The monoisotopic (exact) mass is 499 g/mol. The quantitative estimate of drug-likeness (QED) is 0.391. The lowest BCUT2D eigenvalue weighted by Crippen LogP contribution is -2.31. The van der Waals surface area contributed by atoms with Crippen LogP contribution in [0.25, 0.3) is 5.69 Å². The van der Waals surface area contributed by atoms with Crippen LogP contribution in [0.15, 0.2) is 53.4 Å². The van der Waals surface area contributed by atoms with Gasteiger partial charge in [-0.05, 0) is 55.3 Å². The van der Waals surface area contributed by atoms with Crippen LogP contribution in [-0.4, -0.2) is 45.0 Å². The minimum atomic E-state index is -1.13. The zero-order chi connectivity index (χ0) is 24.2.